The van der Waals surface area contributed by atoms with Gasteiger partial charge in [0.15, 0.2) is 0 Å². The monoisotopic (exact) mass is 217 g/mol. The van der Waals surface area contributed by atoms with Gasteiger partial charge < -0.3 is 10.1 Å². The van der Waals surface area contributed by atoms with Crippen LogP contribution in [0.25, 0.3) is 0 Å². The highest BCUT2D eigenvalue weighted by atomic mass is 16.5. The van der Waals surface area contributed by atoms with Crippen LogP contribution in [0.5, 0.6) is 5.75 Å². The molecule has 2 nitrogen and oxygen atoms in total. The number of hydrogen-bond donors (Lipinski definition) is 1. The molecule has 1 aromatic rings. The molecule has 1 rings (SSSR count). The third kappa shape index (κ3) is 4.75. The Bertz CT molecular complexity index is 362. The van der Waals surface area contributed by atoms with E-state index in [9.17, 15) is 0 Å². The molecule has 0 atom stereocenters. The van der Waals surface area contributed by atoms with Gasteiger partial charge in [-0.25, -0.2) is 0 Å². The normalized spacial score (nSPS) is 9.12. The zero-order valence-electron chi connectivity index (χ0n) is 10.0. The summed E-state index contributed by atoms with van der Waals surface area (Å²) in [5, 5.41) is 3.08. The number of unbranched alkanes of at least 4 members (excludes halogenated alkanes) is 1. The first kappa shape index (κ1) is 12.4. The van der Waals surface area contributed by atoms with E-state index >= 15 is 0 Å². The first-order valence-electron chi connectivity index (χ1n) is 5.73. The fourth-order valence-corrected chi connectivity index (χ4v) is 1.31. The fraction of sp³-hybridized carbons (Fsp3) is 0.429. The molecule has 0 bridgehead atoms. The molecule has 0 aromatic heterocycles. The van der Waals surface area contributed by atoms with Crippen LogP contribution in [-0.2, 0) is 0 Å². The van der Waals surface area contributed by atoms with Crippen molar-refractivity contribution in [2.24, 2.45) is 0 Å². The summed E-state index contributed by atoms with van der Waals surface area (Å²) in [6.45, 7) is 2.79. The molecule has 0 aliphatic heterocycles. The third-order valence-electron chi connectivity index (χ3n) is 2.14. The lowest BCUT2D eigenvalue weighted by molar-refractivity contribution is 0.313. The van der Waals surface area contributed by atoms with Crippen molar-refractivity contribution in [1.29, 1.82) is 0 Å². The molecule has 1 N–H and O–H groups in total. The van der Waals surface area contributed by atoms with Crippen LogP contribution in [0, 0.1) is 11.8 Å². The zero-order valence-corrected chi connectivity index (χ0v) is 10.0. The molecular weight excluding hydrogens is 198 g/mol. The van der Waals surface area contributed by atoms with Gasteiger partial charge in [-0.2, -0.15) is 0 Å². The van der Waals surface area contributed by atoms with Crippen molar-refractivity contribution in [3.8, 4) is 17.6 Å². The third-order valence-corrected chi connectivity index (χ3v) is 2.14. The van der Waals surface area contributed by atoms with Crippen LogP contribution >= 0.6 is 0 Å². The minimum absolute atomic E-state index is 0.728. The molecule has 0 saturated heterocycles. The van der Waals surface area contributed by atoms with Crippen LogP contribution in [-0.4, -0.2) is 13.7 Å². The highest BCUT2D eigenvalue weighted by Crippen LogP contribution is 2.16. The smallest absolute Gasteiger partial charge is 0.121 e. The SMILES string of the molecule is CCC#CCCCOc1cccc(NC)c1. The fourth-order valence-electron chi connectivity index (χ4n) is 1.31. The summed E-state index contributed by atoms with van der Waals surface area (Å²) in [4.78, 5) is 0. The van der Waals surface area contributed by atoms with Gasteiger partial charge in [-0.1, -0.05) is 13.0 Å². The van der Waals surface area contributed by atoms with Gasteiger partial charge >= 0.3 is 0 Å². The van der Waals surface area contributed by atoms with Crippen LogP contribution in [0.2, 0.25) is 0 Å². The van der Waals surface area contributed by atoms with E-state index in [1.807, 2.05) is 31.3 Å². The Morgan fingerprint density at radius 3 is 2.94 bits per heavy atom. The molecule has 86 valence electrons. The first-order valence-corrected chi connectivity index (χ1v) is 5.73. The number of nitrogens with one attached hydrogen (secondary N) is 1. The maximum Gasteiger partial charge on any atom is 0.121 e. The summed E-state index contributed by atoms with van der Waals surface area (Å²) in [6.07, 6.45) is 2.83. The van der Waals surface area contributed by atoms with Gasteiger partial charge in [0.1, 0.15) is 5.75 Å². The van der Waals surface area contributed by atoms with Gasteiger partial charge in [-0.05, 0) is 18.6 Å². The van der Waals surface area contributed by atoms with Gasteiger partial charge in [0, 0.05) is 31.6 Å². The van der Waals surface area contributed by atoms with Crippen LogP contribution in [0.3, 0.4) is 0 Å². The van der Waals surface area contributed by atoms with Crippen molar-refractivity contribution in [3.05, 3.63) is 24.3 Å². The van der Waals surface area contributed by atoms with Gasteiger partial charge in [-0.3, -0.25) is 0 Å². The summed E-state index contributed by atoms with van der Waals surface area (Å²) in [6, 6.07) is 7.97. The van der Waals surface area contributed by atoms with E-state index in [-0.39, 0.29) is 0 Å². The molecule has 1 aromatic carbocycles. The Morgan fingerprint density at radius 2 is 2.19 bits per heavy atom. The highest BCUT2D eigenvalue weighted by molar-refractivity contribution is 5.47. The molecule has 0 amide bonds. The van der Waals surface area contributed by atoms with Crippen molar-refractivity contribution in [2.45, 2.75) is 26.2 Å². The Morgan fingerprint density at radius 1 is 1.31 bits per heavy atom. The molecular formula is C14H19NO. The number of benzene rings is 1. The maximum atomic E-state index is 5.62. The topological polar surface area (TPSA) is 21.3 Å². The van der Waals surface area contributed by atoms with Gasteiger partial charge in [0.05, 0.1) is 6.61 Å². The van der Waals surface area contributed by atoms with E-state index in [1.165, 1.54) is 0 Å². The first-order chi connectivity index (χ1) is 7.86. The maximum absolute atomic E-state index is 5.62. The molecule has 16 heavy (non-hydrogen) atoms. The number of hydrogen-bond acceptors (Lipinski definition) is 2. The second-order valence-electron chi connectivity index (χ2n) is 3.44. The number of ether oxygens (including phenoxy) is 1. The highest BCUT2D eigenvalue weighted by Gasteiger charge is 1.94. The molecule has 0 aliphatic carbocycles. The van der Waals surface area contributed by atoms with Crippen LogP contribution < -0.4 is 10.1 Å². The quantitative estimate of drug-likeness (QED) is 0.603. The summed E-state index contributed by atoms with van der Waals surface area (Å²) in [5.41, 5.74) is 1.07. The van der Waals surface area contributed by atoms with Crippen LogP contribution in [0.15, 0.2) is 24.3 Å². The Hall–Kier alpha value is -1.62. The van der Waals surface area contributed by atoms with E-state index < -0.39 is 0 Å². The Balaban J connectivity index is 2.26. The van der Waals surface area contributed by atoms with Crippen molar-refractivity contribution in [3.63, 3.8) is 0 Å². The molecule has 0 unspecified atom stereocenters. The minimum atomic E-state index is 0.728. The lowest BCUT2D eigenvalue weighted by Crippen LogP contribution is -1.97. The summed E-state index contributed by atoms with van der Waals surface area (Å²) >= 11 is 0. The molecule has 2 heteroatoms. The van der Waals surface area contributed by atoms with E-state index in [0.717, 1.165) is 37.3 Å². The lowest BCUT2D eigenvalue weighted by atomic mass is 10.3. The Kier molecular flexibility index (Phi) is 5.95. The summed E-state index contributed by atoms with van der Waals surface area (Å²) < 4.78 is 5.62. The van der Waals surface area contributed by atoms with E-state index in [2.05, 4.69) is 24.1 Å². The average molecular weight is 217 g/mol. The van der Waals surface area contributed by atoms with Crippen LogP contribution in [0.1, 0.15) is 26.2 Å². The zero-order chi connectivity index (χ0) is 11.6. The molecule has 0 heterocycles. The molecule has 0 saturated carbocycles. The standard InChI is InChI=1S/C14H19NO/c1-3-4-5-6-7-11-16-14-10-8-9-13(12-14)15-2/h8-10,12,15H,3,6-7,11H2,1-2H3. The lowest BCUT2D eigenvalue weighted by Gasteiger charge is -2.06. The predicted octanol–water partition coefficient (Wildman–Crippen LogP) is 3.30. The second-order valence-corrected chi connectivity index (χ2v) is 3.44. The number of anilines is 1. The van der Waals surface area contributed by atoms with Crippen LogP contribution in [0.4, 0.5) is 5.69 Å². The Labute approximate surface area is 98.0 Å². The van der Waals surface area contributed by atoms with E-state index in [4.69, 9.17) is 4.74 Å². The van der Waals surface area contributed by atoms with Gasteiger partial charge in [0.25, 0.3) is 0 Å². The second kappa shape index (κ2) is 7.64. The summed E-state index contributed by atoms with van der Waals surface area (Å²) in [5.74, 6) is 7.06. The van der Waals surface area contributed by atoms with E-state index in [1.54, 1.807) is 0 Å². The average Bonchev–Trinajstić information content (AvgIpc) is 2.34. The van der Waals surface area contributed by atoms with Crippen molar-refractivity contribution >= 4 is 5.69 Å². The predicted molar refractivity (Wildman–Crippen MR) is 68.8 cm³/mol. The van der Waals surface area contributed by atoms with Gasteiger partial charge in [-0.15, -0.1) is 11.8 Å². The molecule has 0 aliphatic rings. The van der Waals surface area contributed by atoms with Crippen molar-refractivity contribution in [2.75, 3.05) is 19.0 Å². The number of rotatable bonds is 5. The molecule has 0 radical (unpaired) electrons. The van der Waals surface area contributed by atoms with E-state index in [0.29, 0.717) is 0 Å². The largest absolute Gasteiger partial charge is 0.493 e. The molecule has 0 fully saturated rings. The van der Waals surface area contributed by atoms with Crippen molar-refractivity contribution in [1.82, 2.24) is 0 Å². The summed E-state index contributed by atoms with van der Waals surface area (Å²) in [7, 11) is 1.90. The van der Waals surface area contributed by atoms with Gasteiger partial charge in [0.2, 0.25) is 0 Å². The van der Waals surface area contributed by atoms with Crippen molar-refractivity contribution < 1.29 is 4.74 Å². The molecule has 0 spiro atoms. The minimum Gasteiger partial charge on any atom is -0.493 e.